The Balaban J connectivity index is 0.000000195. The lowest BCUT2D eigenvalue weighted by atomic mass is 9.83. The molecule has 0 radical (unpaired) electrons. The van der Waals surface area contributed by atoms with Crippen LogP contribution in [0.15, 0.2) is 82.6 Å². The fraction of sp³-hybridized carbons (Fsp3) is 0.647. The molecule has 5 amide bonds. The number of fused-ring (bicyclic) bond motifs is 4. The molecule has 11 rings (SSSR count). The SMILES string of the molecule is CC(C)(C)[C@H](N)CN1Cc2ccccc2S1(=O)=O.COC(=O)[C@@H]1[C@@H]2[C@H](CN1C(=O)[C@@H](NC(=O)N[C@H](CN1Cc3ccccc3S1(=O)=O)C(C)(C)C)C1CCCCC1)C2(C)C.COC(=O)[C@@H]1[C@@H]2[C@H](CN1C(=O)[C@@H](NC(=O)Oc1ccc([N+](=O)[O-])cc1)C1CCCCC1)C2(C)C.Cl. The van der Waals surface area contributed by atoms with Crippen molar-refractivity contribution in [1.82, 2.24) is 34.4 Å². The van der Waals surface area contributed by atoms with Crippen LogP contribution < -0.4 is 26.4 Å². The smallest absolute Gasteiger partial charge is 0.413 e. The lowest BCUT2D eigenvalue weighted by Gasteiger charge is -2.38. The number of likely N-dealkylation sites (tertiary alicyclic amines) is 2. The summed E-state index contributed by atoms with van der Waals surface area (Å²) in [6.07, 6.45) is 8.48. The highest BCUT2D eigenvalue weighted by molar-refractivity contribution is 7.89. The van der Waals surface area contributed by atoms with Gasteiger partial charge in [0.05, 0.1) is 28.9 Å². The summed E-state index contributed by atoms with van der Waals surface area (Å²) in [6.45, 7) is 22.4. The second kappa shape index (κ2) is 28.9. The van der Waals surface area contributed by atoms with Gasteiger partial charge in [0.25, 0.3) is 5.69 Å². The third-order valence-electron chi connectivity index (χ3n) is 21.6. The second-order valence-corrected chi connectivity index (χ2v) is 34.0. The van der Waals surface area contributed by atoms with Crippen LogP contribution in [0.3, 0.4) is 0 Å². The largest absolute Gasteiger partial charge is 0.467 e. The van der Waals surface area contributed by atoms with E-state index in [1.165, 1.54) is 47.1 Å². The molecule has 10 atom stereocenters. The van der Waals surface area contributed by atoms with E-state index in [1.54, 1.807) is 34.1 Å². The van der Waals surface area contributed by atoms with Gasteiger partial charge in [-0.2, -0.15) is 8.61 Å². The average molecular weight is 1380 g/mol. The molecule has 3 aromatic carbocycles. The molecule has 27 heteroatoms. The van der Waals surface area contributed by atoms with Crippen molar-refractivity contribution >= 4 is 74.0 Å². The van der Waals surface area contributed by atoms with E-state index in [9.17, 15) is 55.7 Å². The van der Waals surface area contributed by atoms with Gasteiger partial charge in [-0.05, 0) is 106 Å². The number of non-ortho nitro benzene ring substituents is 1. The Morgan fingerprint density at radius 3 is 1.41 bits per heavy atom. The van der Waals surface area contributed by atoms with Crippen molar-refractivity contribution in [1.29, 1.82) is 0 Å². The quantitative estimate of drug-likeness (QED) is 0.0627. The monoisotopic (exact) mass is 1380 g/mol. The number of nitro benzene ring substituents is 1. The number of nitrogens with zero attached hydrogens (tertiary/aromatic N) is 5. The average Bonchev–Trinajstić information content (AvgIpc) is 1.53. The fourth-order valence-electron chi connectivity index (χ4n) is 15.3. The van der Waals surface area contributed by atoms with Gasteiger partial charge in [0.15, 0.2) is 0 Å². The number of nitro groups is 1. The number of benzene rings is 3. The van der Waals surface area contributed by atoms with E-state index in [-0.39, 0.29) is 107 Å². The molecule has 4 saturated carbocycles. The molecule has 524 valence electrons. The summed E-state index contributed by atoms with van der Waals surface area (Å²) in [4.78, 5) is 93.9. The Hall–Kier alpha value is -6.45. The summed E-state index contributed by atoms with van der Waals surface area (Å²) in [7, 11) is -4.34. The van der Waals surface area contributed by atoms with Crippen LogP contribution >= 0.6 is 12.4 Å². The van der Waals surface area contributed by atoms with Crippen LogP contribution in [-0.4, -0.2) is 153 Å². The maximum Gasteiger partial charge on any atom is 0.413 e. The van der Waals surface area contributed by atoms with Crippen LogP contribution in [0.25, 0.3) is 0 Å². The highest BCUT2D eigenvalue weighted by Crippen LogP contribution is 2.66. The number of amides is 5. The molecule has 24 nitrogen and oxygen atoms in total. The predicted octanol–water partition coefficient (Wildman–Crippen LogP) is 8.78. The maximum absolute atomic E-state index is 14.1. The van der Waals surface area contributed by atoms with Crippen LogP contribution in [-0.2, 0) is 61.8 Å². The van der Waals surface area contributed by atoms with Gasteiger partial charge in [0, 0.05) is 75.3 Å². The summed E-state index contributed by atoms with van der Waals surface area (Å²) in [5, 5.41) is 19.6. The number of sulfonamides is 2. The van der Waals surface area contributed by atoms with Crippen molar-refractivity contribution in [2.75, 3.05) is 40.4 Å². The van der Waals surface area contributed by atoms with Gasteiger partial charge in [0.1, 0.15) is 29.9 Å². The number of urea groups is 1. The number of piperidine rings is 2. The van der Waals surface area contributed by atoms with Gasteiger partial charge in [-0.3, -0.25) is 19.7 Å². The third-order valence-corrected chi connectivity index (χ3v) is 25.4. The van der Waals surface area contributed by atoms with Gasteiger partial charge in [-0.1, -0.05) is 144 Å². The molecule has 0 aromatic heterocycles. The van der Waals surface area contributed by atoms with Crippen LogP contribution in [0.1, 0.15) is 145 Å². The number of hydrogen-bond donors (Lipinski definition) is 4. The molecule has 4 aliphatic carbocycles. The minimum Gasteiger partial charge on any atom is -0.467 e. The highest BCUT2D eigenvalue weighted by Gasteiger charge is 2.71. The van der Waals surface area contributed by atoms with Gasteiger partial charge >= 0.3 is 24.1 Å². The number of carbonyl (C=O) groups is 6. The van der Waals surface area contributed by atoms with Crippen molar-refractivity contribution in [2.45, 2.75) is 193 Å². The van der Waals surface area contributed by atoms with Crippen LogP contribution in [0.5, 0.6) is 5.75 Å². The van der Waals surface area contributed by atoms with E-state index in [2.05, 4.69) is 43.6 Å². The predicted molar refractivity (Wildman–Crippen MR) is 357 cm³/mol. The zero-order chi connectivity index (χ0) is 68.8. The zero-order valence-corrected chi connectivity index (χ0v) is 59.3. The molecule has 4 heterocycles. The van der Waals surface area contributed by atoms with Gasteiger partial charge in [-0.15, -0.1) is 12.4 Å². The number of esters is 2. The zero-order valence-electron chi connectivity index (χ0n) is 56.8. The van der Waals surface area contributed by atoms with E-state index < -0.39 is 84.7 Å². The molecule has 6 fully saturated rings. The maximum atomic E-state index is 14.1. The van der Waals surface area contributed by atoms with E-state index in [0.29, 0.717) is 36.0 Å². The first-order valence-corrected chi connectivity index (χ1v) is 35.9. The Kier molecular flexibility index (Phi) is 22.6. The molecule has 2 saturated heterocycles. The van der Waals surface area contributed by atoms with Gasteiger partial charge < -0.3 is 45.7 Å². The fourth-order valence-corrected chi connectivity index (χ4v) is 18.6. The summed E-state index contributed by atoms with van der Waals surface area (Å²) in [6, 6.07) is 15.1. The minimum absolute atomic E-state index is 0. The van der Waals surface area contributed by atoms with Crippen molar-refractivity contribution in [3.8, 4) is 5.75 Å². The van der Waals surface area contributed by atoms with E-state index >= 15 is 0 Å². The molecule has 95 heavy (non-hydrogen) atoms. The Labute approximate surface area is 565 Å². The number of nitrogens with two attached hydrogens (primary N) is 1. The Morgan fingerprint density at radius 1 is 0.611 bits per heavy atom. The number of rotatable bonds is 15. The second-order valence-electron chi connectivity index (χ2n) is 30.2. The molecule has 3 aromatic rings. The molecule has 5 N–H and O–H groups in total. The van der Waals surface area contributed by atoms with Gasteiger partial charge in [0.2, 0.25) is 31.9 Å². The minimum atomic E-state index is -3.67. The molecular formula is C68H98ClN9O15S2. The third kappa shape index (κ3) is 15.8. The summed E-state index contributed by atoms with van der Waals surface area (Å²) in [5.41, 5.74) is 6.93. The van der Waals surface area contributed by atoms with Crippen LogP contribution in [0.2, 0.25) is 0 Å². The summed E-state index contributed by atoms with van der Waals surface area (Å²) >= 11 is 0. The summed E-state index contributed by atoms with van der Waals surface area (Å²) in [5.74, 6) is -0.787. The lowest BCUT2D eigenvalue weighted by molar-refractivity contribution is -0.384. The molecule has 0 unspecified atom stereocenters. The normalized spacial score (nSPS) is 25.6. The number of nitrogens with one attached hydrogen (secondary N) is 3. The molecule has 8 aliphatic rings. The Bertz CT molecular complexity index is 3570. The van der Waals surface area contributed by atoms with Crippen molar-refractivity contribution in [3.63, 3.8) is 0 Å². The first kappa shape index (κ1) is 74.3. The topological polar surface area (TPSA) is 317 Å². The molecule has 4 aliphatic heterocycles. The lowest BCUT2D eigenvalue weighted by Crippen LogP contribution is -2.60. The van der Waals surface area contributed by atoms with Crippen LogP contribution in [0.4, 0.5) is 15.3 Å². The molecule has 0 spiro atoms. The number of hydrogen-bond acceptors (Lipinski definition) is 16. The summed E-state index contributed by atoms with van der Waals surface area (Å²) < 4.78 is 69.5. The van der Waals surface area contributed by atoms with Gasteiger partial charge in [-0.25, -0.2) is 36.0 Å². The standard InChI is InChI=1S/C31H46N4O6S.C24H31N3O7.C13H20N2O2S.ClH/c1-30(2,3)23(18-34-16-20-14-10-11-15-22(20)42(34,39)40)32-29(38)33-25(19-12-8-7-9-13-19)27(36)35-17-21-24(31(21,4)5)26(35)28(37)41-6;1-24(2)17-13-26(20(18(17)24)22(29)33-3)21(28)19(14-7-5-4-6-8-14)25-23(30)34-16-11-9-15(10-12-16)27(31)32;1-13(2,3)12(14)9-15-8-10-6-4-5-7-11(10)18(15,16)17;/h10-11,14-15,19,21,23-26H,7-9,12-13,16-18H2,1-6H3,(H2,32,33,38);9-12,14,17-20H,4-8,13H2,1-3H3,(H,25,30);4-7,12H,8-9,14H2,1-3H3;1H/t21-,23+,24-,25-,26-;17-,18-,19-,20-;12-;/m001./s1. The van der Waals surface area contributed by atoms with E-state index in [1.807, 2.05) is 65.8 Å². The first-order chi connectivity index (χ1) is 44.0. The first-order valence-electron chi connectivity index (χ1n) is 33.0. The molecule has 0 bridgehead atoms. The van der Waals surface area contributed by atoms with Crippen LogP contribution in [0, 0.1) is 67.3 Å². The van der Waals surface area contributed by atoms with Crippen molar-refractivity contribution in [3.05, 3.63) is 94.0 Å². The van der Waals surface area contributed by atoms with Crippen molar-refractivity contribution in [2.24, 2.45) is 62.9 Å². The molecular weight excluding hydrogens is 1280 g/mol. The number of halogens is 1. The van der Waals surface area contributed by atoms with E-state index in [0.717, 1.165) is 75.3 Å². The highest BCUT2D eigenvalue weighted by atomic mass is 35.5. The number of methoxy groups -OCH3 is 2. The Morgan fingerprint density at radius 2 is 1.02 bits per heavy atom. The number of carbonyl (C=O) groups excluding carboxylic acids is 6. The number of ether oxygens (including phenoxy) is 3. The van der Waals surface area contributed by atoms with E-state index in [4.69, 9.17) is 19.9 Å². The van der Waals surface area contributed by atoms with Crippen molar-refractivity contribution < 1.29 is 64.7 Å².